The summed E-state index contributed by atoms with van der Waals surface area (Å²) in [5.41, 5.74) is 1.31. The summed E-state index contributed by atoms with van der Waals surface area (Å²) in [4.78, 5) is 17.4. The van der Waals surface area contributed by atoms with Gasteiger partial charge in [0, 0.05) is 35.6 Å². The average Bonchev–Trinajstić information content (AvgIpc) is 2.84. The SMILES string of the molecule is CNS(=O)(=O)c1cccc(Nc2cc(Nc3cc(OC)cc(OC)c3)ncn2)c1.O=C(O)C(F)(F)F. The van der Waals surface area contributed by atoms with Crippen molar-refractivity contribution >= 4 is 39.0 Å². The summed E-state index contributed by atoms with van der Waals surface area (Å²) in [6.45, 7) is 0. The smallest absolute Gasteiger partial charge is 0.490 e. The van der Waals surface area contributed by atoms with Crippen LogP contribution in [-0.2, 0) is 14.8 Å². The van der Waals surface area contributed by atoms with E-state index in [1.807, 2.05) is 12.1 Å². The molecule has 15 heteroatoms. The molecule has 0 spiro atoms. The van der Waals surface area contributed by atoms with Crippen LogP contribution in [0.15, 0.2) is 59.8 Å². The van der Waals surface area contributed by atoms with Crippen molar-refractivity contribution in [2.75, 3.05) is 31.9 Å². The van der Waals surface area contributed by atoms with Crippen LogP contribution >= 0.6 is 0 Å². The van der Waals surface area contributed by atoms with Crippen molar-refractivity contribution in [1.82, 2.24) is 14.7 Å². The topological polar surface area (TPSA) is 152 Å². The molecule has 2 aromatic carbocycles. The second kappa shape index (κ2) is 12.0. The van der Waals surface area contributed by atoms with Crippen molar-refractivity contribution in [3.05, 3.63) is 54.9 Å². The minimum Gasteiger partial charge on any atom is -0.497 e. The summed E-state index contributed by atoms with van der Waals surface area (Å²) in [6, 6.07) is 13.5. The number of aliphatic carboxylic acids is 1. The van der Waals surface area contributed by atoms with Crippen molar-refractivity contribution in [3.63, 3.8) is 0 Å². The maximum Gasteiger partial charge on any atom is 0.490 e. The van der Waals surface area contributed by atoms with E-state index in [4.69, 9.17) is 19.4 Å². The fraction of sp³-hybridized carbons (Fsp3) is 0.190. The summed E-state index contributed by atoms with van der Waals surface area (Å²) in [7, 11) is 0.987. The quantitative estimate of drug-likeness (QED) is 0.341. The number of nitrogens with zero attached hydrogens (tertiary/aromatic N) is 2. The molecule has 3 aromatic rings. The number of carbonyl (C=O) groups is 1. The van der Waals surface area contributed by atoms with Gasteiger partial charge in [-0.25, -0.2) is 27.9 Å². The number of alkyl halides is 3. The van der Waals surface area contributed by atoms with Crippen LogP contribution in [0.25, 0.3) is 0 Å². The standard InChI is InChI=1S/C19H21N5O4S.C2HF3O2/c1-20-29(25,26)17-6-4-5-13(9-17)23-18-11-19(22-12-21-18)24-14-7-15(27-2)10-16(8-14)28-3;3-2(4,5)1(6)7/h4-12,20H,1-3H3,(H2,21,22,23,24);(H,6,7). The van der Waals surface area contributed by atoms with E-state index in [0.717, 1.165) is 5.69 Å². The number of aromatic nitrogens is 2. The van der Waals surface area contributed by atoms with Gasteiger partial charge in [0.05, 0.1) is 19.1 Å². The van der Waals surface area contributed by atoms with Gasteiger partial charge in [-0.2, -0.15) is 13.2 Å². The summed E-state index contributed by atoms with van der Waals surface area (Å²) in [6.07, 6.45) is -3.68. The van der Waals surface area contributed by atoms with Crippen LogP contribution in [0.5, 0.6) is 11.5 Å². The van der Waals surface area contributed by atoms with Crippen LogP contribution in [0.3, 0.4) is 0 Å². The molecule has 194 valence electrons. The Morgan fingerprint density at radius 2 is 1.44 bits per heavy atom. The maximum atomic E-state index is 12.0. The van der Waals surface area contributed by atoms with E-state index >= 15 is 0 Å². The molecule has 0 fully saturated rings. The van der Waals surface area contributed by atoms with Gasteiger partial charge in [0.2, 0.25) is 10.0 Å². The van der Waals surface area contributed by atoms with Crippen LogP contribution in [0.1, 0.15) is 0 Å². The predicted octanol–water partition coefficient (Wildman–Crippen LogP) is 3.52. The van der Waals surface area contributed by atoms with Gasteiger partial charge in [-0.15, -0.1) is 0 Å². The highest BCUT2D eigenvalue weighted by Crippen LogP contribution is 2.28. The second-order valence-electron chi connectivity index (χ2n) is 6.68. The minimum absolute atomic E-state index is 0.154. The number of carboxylic acid groups (broad SMARTS) is 1. The minimum atomic E-state index is -5.08. The van der Waals surface area contributed by atoms with Gasteiger partial charge in [0.15, 0.2) is 0 Å². The number of anilines is 4. The molecule has 11 nitrogen and oxygen atoms in total. The number of nitrogens with one attached hydrogen (secondary N) is 3. The van der Waals surface area contributed by atoms with Crippen LogP contribution < -0.4 is 24.8 Å². The third-order valence-electron chi connectivity index (χ3n) is 4.22. The Kier molecular flexibility index (Phi) is 9.40. The molecule has 0 aliphatic carbocycles. The molecule has 0 aliphatic rings. The number of halogens is 3. The molecule has 0 atom stereocenters. The molecule has 0 bridgehead atoms. The maximum absolute atomic E-state index is 12.0. The lowest BCUT2D eigenvalue weighted by Crippen LogP contribution is -2.21. The Bertz CT molecular complexity index is 1280. The van der Waals surface area contributed by atoms with Gasteiger partial charge in [0.25, 0.3) is 0 Å². The zero-order valence-electron chi connectivity index (χ0n) is 19.1. The molecule has 0 radical (unpaired) electrons. The number of rotatable bonds is 8. The van der Waals surface area contributed by atoms with Gasteiger partial charge < -0.3 is 25.2 Å². The molecule has 0 amide bonds. The number of benzene rings is 2. The van der Waals surface area contributed by atoms with E-state index in [1.54, 1.807) is 38.5 Å². The lowest BCUT2D eigenvalue weighted by Gasteiger charge is -2.12. The Hall–Kier alpha value is -4.11. The lowest BCUT2D eigenvalue weighted by molar-refractivity contribution is -0.192. The lowest BCUT2D eigenvalue weighted by atomic mass is 10.2. The first-order chi connectivity index (χ1) is 16.9. The first kappa shape index (κ1) is 28.1. The second-order valence-corrected chi connectivity index (χ2v) is 8.56. The largest absolute Gasteiger partial charge is 0.497 e. The van der Waals surface area contributed by atoms with Gasteiger partial charge in [0.1, 0.15) is 29.5 Å². The molecule has 4 N–H and O–H groups in total. The first-order valence-corrected chi connectivity index (χ1v) is 11.3. The third kappa shape index (κ3) is 8.28. The fourth-order valence-corrected chi connectivity index (χ4v) is 3.30. The number of sulfonamides is 1. The molecule has 1 heterocycles. The van der Waals surface area contributed by atoms with Crippen molar-refractivity contribution in [1.29, 1.82) is 0 Å². The molecule has 36 heavy (non-hydrogen) atoms. The van der Waals surface area contributed by atoms with Crippen LogP contribution in [0.2, 0.25) is 0 Å². The Labute approximate surface area is 204 Å². The van der Waals surface area contributed by atoms with Crippen molar-refractivity contribution in [3.8, 4) is 11.5 Å². The van der Waals surface area contributed by atoms with E-state index in [2.05, 4.69) is 25.3 Å². The average molecular weight is 529 g/mol. The zero-order chi connectivity index (χ0) is 26.9. The molecule has 0 saturated carbocycles. The monoisotopic (exact) mass is 529 g/mol. The number of hydrogen-bond donors (Lipinski definition) is 4. The summed E-state index contributed by atoms with van der Waals surface area (Å²) in [5.74, 6) is -0.440. The summed E-state index contributed by atoms with van der Waals surface area (Å²) < 4.78 is 68.5. The van der Waals surface area contributed by atoms with Crippen molar-refractivity contribution in [2.24, 2.45) is 0 Å². The van der Waals surface area contributed by atoms with Crippen molar-refractivity contribution < 1.29 is 41.0 Å². The van der Waals surface area contributed by atoms with Gasteiger partial charge in [-0.3, -0.25) is 0 Å². The number of ether oxygens (including phenoxy) is 2. The van der Waals surface area contributed by atoms with Gasteiger partial charge >= 0.3 is 12.1 Å². The number of hydrogen-bond acceptors (Lipinski definition) is 9. The predicted molar refractivity (Wildman–Crippen MR) is 125 cm³/mol. The molecule has 3 rings (SSSR count). The highest BCUT2D eigenvalue weighted by Gasteiger charge is 2.38. The highest BCUT2D eigenvalue weighted by atomic mass is 32.2. The zero-order valence-corrected chi connectivity index (χ0v) is 19.9. The van der Waals surface area contributed by atoms with Crippen LogP contribution in [0, 0.1) is 0 Å². The highest BCUT2D eigenvalue weighted by molar-refractivity contribution is 7.89. The molecule has 0 unspecified atom stereocenters. The summed E-state index contributed by atoms with van der Waals surface area (Å²) >= 11 is 0. The number of carboxylic acids is 1. The molecular weight excluding hydrogens is 507 g/mol. The van der Waals surface area contributed by atoms with E-state index in [9.17, 15) is 21.6 Å². The molecule has 0 saturated heterocycles. The van der Waals surface area contributed by atoms with E-state index in [1.165, 1.54) is 25.5 Å². The molecule has 1 aromatic heterocycles. The fourth-order valence-electron chi connectivity index (χ4n) is 2.53. The number of methoxy groups -OCH3 is 2. The van der Waals surface area contributed by atoms with Crippen molar-refractivity contribution in [2.45, 2.75) is 11.1 Å². The first-order valence-electron chi connectivity index (χ1n) is 9.81. The Balaban J connectivity index is 0.000000572. The summed E-state index contributed by atoms with van der Waals surface area (Å²) in [5, 5.41) is 13.4. The molecular formula is C21H22F3N5O6S. The third-order valence-corrected chi connectivity index (χ3v) is 5.63. The van der Waals surface area contributed by atoms with Crippen LogP contribution in [0.4, 0.5) is 36.2 Å². The van der Waals surface area contributed by atoms with E-state index in [0.29, 0.717) is 28.8 Å². The van der Waals surface area contributed by atoms with Gasteiger partial charge in [-0.1, -0.05) is 6.07 Å². The Morgan fingerprint density at radius 3 is 1.92 bits per heavy atom. The molecule has 0 aliphatic heterocycles. The normalized spacial score (nSPS) is 11.1. The van der Waals surface area contributed by atoms with E-state index in [-0.39, 0.29) is 4.90 Å². The van der Waals surface area contributed by atoms with E-state index < -0.39 is 22.2 Å². The Morgan fingerprint density at radius 1 is 0.917 bits per heavy atom. The van der Waals surface area contributed by atoms with Crippen LogP contribution in [-0.4, -0.2) is 56.9 Å². The van der Waals surface area contributed by atoms with Gasteiger partial charge in [-0.05, 0) is 25.2 Å².